The Balaban J connectivity index is 2.00. The van der Waals surface area contributed by atoms with Gasteiger partial charge in [0.2, 0.25) is 0 Å². The average Bonchev–Trinajstić information content (AvgIpc) is 2.48. The monoisotopic (exact) mass is 268 g/mol. The summed E-state index contributed by atoms with van der Waals surface area (Å²) in [5.41, 5.74) is 0.809. The molecule has 0 saturated carbocycles. The van der Waals surface area contributed by atoms with E-state index in [2.05, 4.69) is 31.3 Å². The molecule has 3 heteroatoms. The van der Waals surface area contributed by atoms with Crippen LogP contribution in [0.4, 0.5) is 0 Å². The van der Waals surface area contributed by atoms with Crippen molar-refractivity contribution in [3.63, 3.8) is 0 Å². The number of carbonyl (C=O) groups is 1. The largest absolute Gasteiger partial charge is 0.333 e. The molecule has 1 aliphatic heterocycles. The molecule has 2 unspecified atom stereocenters. The fourth-order valence-electron chi connectivity index (χ4n) is 2.87. The number of piperazine rings is 1. The highest BCUT2D eigenvalue weighted by atomic mass is 16.2. The van der Waals surface area contributed by atoms with Crippen LogP contribution in [-0.2, 0) is 0 Å². The molecule has 3 nitrogen and oxygen atoms in total. The third-order valence-corrected chi connectivity index (χ3v) is 4.05. The van der Waals surface area contributed by atoms with Gasteiger partial charge in [0.05, 0.1) is 0 Å². The molecule has 20 heavy (non-hydrogen) atoms. The van der Waals surface area contributed by atoms with Gasteiger partial charge >= 0.3 is 0 Å². The molecule has 1 N–H and O–H groups in total. The zero-order valence-corrected chi connectivity index (χ0v) is 12.0. The van der Waals surface area contributed by atoms with E-state index in [1.165, 1.54) is 0 Å². The first-order chi connectivity index (χ1) is 9.66. The van der Waals surface area contributed by atoms with E-state index in [-0.39, 0.29) is 11.9 Å². The second kappa shape index (κ2) is 5.25. The van der Waals surface area contributed by atoms with Gasteiger partial charge in [0.25, 0.3) is 5.91 Å². The van der Waals surface area contributed by atoms with Gasteiger partial charge in [-0.2, -0.15) is 0 Å². The molecule has 0 bridgehead atoms. The number of hydrogen-bond acceptors (Lipinski definition) is 2. The minimum Gasteiger partial charge on any atom is -0.333 e. The van der Waals surface area contributed by atoms with Crippen molar-refractivity contribution in [2.75, 3.05) is 13.1 Å². The highest BCUT2D eigenvalue weighted by Gasteiger charge is 2.27. The lowest BCUT2D eigenvalue weighted by Crippen LogP contribution is -2.56. The van der Waals surface area contributed by atoms with Gasteiger partial charge in [-0.15, -0.1) is 0 Å². The van der Waals surface area contributed by atoms with Gasteiger partial charge in [-0.3, -0.25) is 4.79 Å². The van der Waals surface area contributed by atoms with Crippen molar-refractivity contribution < 1.29 is 4.79 Å². The Hall–Kier alpha value is -1.87. The number of benzene rings is 2. The topological polar surface area (TPSA) is 32.3 Å². The van der Waals surface area contributed by atoms with Crippen LogP contribution in [0.3, 0.4) is 0 Å². The average molecular weight is 268 g/mol. The lowest BCUT2D eigenvalue weighted by atomic mass is 10.0. The van der Waals surface area contributed by atoms with Crippen molar-refractivity contribution >= 4 is 16.7 Å². The third kappa shape index (κ3) is 2.29. The fraction of sp³-hybridized carbons (Fsp3) is 0.353. The number of carbonyl (C=O) groups excluding carboxylic acids is 1. The first kappa shape index (κ1) is 13.1. The molecule has 1 fully saturated rings. The van der Waals surface area contributed by atoms with E-state index in [1.807, 2.05) is 35.2 Å². The van der Waals surface area contributed by atoms with E-state index in [1.54, 1.807) is 0 Å². The first-order valence-electron chi connectivity index (χ1n) is 7.19. The maximum absolute atomic E-state index is 12.9. The van der Waals surface area contributed by atoms with E-state index >= 15 is 0 Å². The van der Waals surface area contributed by atoms with Gasteiger partial charge in [0, 0.05) is 30.7 Å². The summed E-state index contributed by atoms with van der Waals surface area (Å²) < 4.78 is 0. The van der Waals surface area contributed by atoms with Crippen molar-refractivity contribution in [2.45, 2.75) is 25.9 Å². The number of fused-ring (bicyclic) bond motifs is 1. The maximum atomic E-state index is 12.9. The van der Waals surface area contributed by atoms with Gasteiger partial charge in [-0.25, -0.2) is 0 Å². The second-order valence-corrected chi connectivity index (χ2v) is 5.64. The molecule has 3 rings (SSSR count). The molecular formula is C17H20N2O. The predicted molar refractivity (Wildman–Crippen MR) is 81.9 cm³/mol. The van der Waals surface area contributed by atoms with Gasteiger partial charge in [-0.05, 0) is 30.7 Å². The number of hydrogen-bond donors (Lipinski definition) is 1. The van der Waals surface area contributed by atoms with Crippen molar-refractivity contribution in [3.8, 4) is 0 Å². The smallest absolute Gasteiger partial charge is 0.254 e. The molecule has 0 aliphatic carbocycles. The minimum absolute atomic E-state index is 0.141. The molecule has 104 valence electrons. The van der Waals surface area contributed by atoms with Gasteiger partial charge in [0.1, 0.15) is 0 Å². The summed E-state index contributed by atoms with van der Waals surface area (Å²) in [5.74, 6) is 0.141. The molecule has 0 aromatic heterocycles. The summed E-state index contributed by atoms with van der Waals surface area (Å²) in [6, 6.07) is 14.6. The van der Waals surface area contributed by atoms with Crippen LogP contribution in [-0.4, -0.2) is 36.0 Å². The van der Waals surface area contributed by atoms with E-state index in [0.717, 1.165) is 29.4 Å². The summed E-state index contributed by atoms with van der Waals surface area (Å²) >= 11 is 0. The molecule has 1 saturated heterocycles. The Morgan fingerprint density at radius 3 is 2.75 bits per heavy atom. The molecule has 0 spiro atoms. The van der Waals surface area contributed by atoms with E-state index < -0.39 is 0 Å². The number of rotatable bonds is 1. The molecule has 1 amide bonds. The maximum Gasteiger partial charge on any atom is 0.254 e. The van der Waals surface area contributed by atoms with E-state index in [0.29, 0.717) is 6.04 Å². The Kier molecular flexibility index (Phi) is 3.45. The normalized spacial score (nSPS) is 23.0. The molecule has 2 aromatic carbocycles. The van der Waals surface area contributed by atoms with Crippen molar-refractivity contribution in [3.05, 3.63) is 48.0 Å². The van der Waals surface area contributed by atoms with Gasteiger partial charge in [-0.1, -0.05) is 36.4 Å². The van der Waals surface area contributed by atoms with Crippen LogP contribution in [0.25, 0.3) is 10.8 Å². The Morgan fingerprint density at radius 2 is 1.90 bits per heavy atom. The van der Waals surface area contributed by atoms with Crippen LogP contribution in [0.2, 0.25) is 0 Å². The molecule has 2 atom stereocenters. The Morgan fingerprint density at radius 1 is 1.15 bits per heavy atom. The molecule has 1 heterocycles. The highest BCUT2D eigenvalue weighted by molar-refractivity contribution is 6.07. The van der Waals surface area contributed by atoms with E-state index in [4.69, 9.17) is 0 Å². The fourth-order valence-corrected chi connectivity index (χ4v) is 2.87. The third-order valence-electron chi connectivity index (χ3n) is 4.05. The number of nitrogens with one attached hydrogen (secondary N) is 1. The molecular weight excluding hydrogens is 248 g/mol. The van der Waals surface area contributed by atoms with Crippen LogP contribution in [0.1, 0.15) is 24.2 Å². The van der Waals surface area contributed by atoms with Crippen molar-refractivity contribution in [2.24, 2.45) is 0 Å². The first-order valence-corrected chi connectivity index (χ1v) is 7.19. The predicted octanol–water partition coefficient (Wildman–Crippen LogP) is 2.66. The zero-order valence-electron chi connectivity index (χ0n) is 12.0. The quantitative estimate of drug-likeness (QED) is 0.862. The lowest BCUT2D eigenvalue weighted by molar-refractivity contribution is 0.0618. The Bertz CT molecular complexity index is 632. The van der Waals surface area contributed by atoms with Crippen LogP contribution < -0.4 is 5.32 Å². The lowest BCUT2D eigenvalue weighted by Gasteiger charge is -2.37. The number of nitrogens with zero attached hydrogens (tertiary/aromatic N) is 1. The summed E-state index contributed by atoms with van der Waals surface area (Å²) in [7, 11) is 0. The summed E-state index contributed by atoms with van der Waals surface area (Å²) in [4.78, 5) is 14.9. The summed E-state index contributed by atoms with van der Waals surface area (Å²) in [5, 5.41) is 5.57. The van der Waals surface area contributed by atoms with Gasteiger partial charge in [0.15, 0.2) is 0 Å². The van der Waals surface area contributed by atoms with Crippen LogP contribution in [0.15, 0.2) is 42.5 Å². The minimum atomic E-state index is 0.141. The second-order valence-electron chi connectivity index (χ2n) is 5.64. The summed E-state index contributed by atoms with van der Waals surface area (Å²) in [6.45, 7) is 5.85. The van der Waals surface area contributed by atoms with Gasteiger partial charge < -0.3 is 10.2 Å². The van der Waals surface area contributed by atoms with Crippen molar-refractivity contribution in [1.29, 1.82) is 0 Å². The van der Waals surface area contributed by atoms with Crippen LogP contribution >= 0.6 is 0 Å². The van der Waals surface area contributed by atoms with Crippen LogP contribution in [0.5, 0.6) is 0 Å². The van der Waals surface area contributed by atoms with Crippen LogP contribution in [0, 0.1) is 0 Å². The molecule has 2 aromatic rings. The molecule has 0 radical (unpaired) electrons. The summed E-state index contributed by atoms with van der Waals surface area (Å²) in [6.07, 6.45) is 0. The van der Waals surface area contributed by atoms with E-state index in [9.17, 15) is 4.79 Å². The zero-order chi connectivity index (χ0) is 14.1. The SMILES string of the molecule is CC1CN(C(=O)c2cccc3ccccc23)C(C)CN1. The molecule has 1 aliphatic rings. The highest BCUT2D eigenvalue weighted by Crippen LogP contribution is 2.21. The Labute approximate surface area is 119 Å². The van der Waals surface area contributed by atoms with Crippen molar-refractivity contribution in [1.82, 2.24) is 10.2 Å². The standard InChI is InChI=1S/C17H20N2O/c1-12-11-19(13(2)10-18-12)17(20)16-9-5-7-14-6-3-4-8-15(14)16/h3-9,12-13,18H,10-11H2,1-2H3. The number of amides is 1.